The number of anilines is 1. The van der Waals surface area contributed by atoms with Crippen LogP contribution in [0.5, 0.6) is 0 Å². The van der Waals surface area contributed by atoms with E-state index in [0.717, 1.165) is 43.0 Å². The molecule has 3 rings (SSSR count). The van der Waals surface area contributed by atoms with Crippen molar-refractivity contribution in [3.63, 3.8) is 0 Å². The van der Waals surface area contributed by atoms with Crippen LogP contribution in [0.25, 0.3) is 0 Å². The Bertz CT molecular complexity index is 689. The van der Waals surface area contributed by atoms with Crippen LogP contribution in [-0.4, -0.2) is 36.9 Å². The Morgan fingerprint density at radius 3 is 2.08 bits per heavy atom. The Morgan fingerprint density at radius 1 is 0.958 bits per heavy atom. The van der Waals surface area contributed by atoms with Crippen LogP contribution in [0.1, 0.15) is 35.8 Å². The first-order valence-electron chi connectivity index (χ1n) is 8.40. The topological polar surface area (TPSA) is 23.6 Å². The lowest BCUT2D eigenvalue weighted by molar-refractivity contribution is 0.101. The second-order valence-electron chi connectivity index (χ2n) is 6.35. The number of hydrogen-bond acceptors (Lipinski definition) is 3. The monoisotopic (exact) mass is 326 g/mol. The first-order chi connectivity index (χ1) is 11.5. The van der Waals surface area contributed by atoms with Crippen LogP contribution >= 0.6 is 0 Å². The third-order valence-corrected chi connectivity index (χ3v) is 4.85. The molecule has 0 amide bonds. The van der Waals surface area contributed by atoms with Crippen molar-refractivity contribution in [3.05, 3.63) is 65.5 Å². The molecule has 1 fully saturated rings. The fraction of sp³-hybridized carbons (Fsp3) is 0.350. The van der Waals surface area contributed by atoms with Crippen LogP contribution in [0, 0.1) is 5.82 Å². The molecular formula is C20H23FN2O. The third-order valence-electron chi connectivity index (χ3n) is 4.85. The quantitative estimate of drug-likeness (QED) is 0.796. The number of ketones is 1. The van der Waals surface area contributed by atoms with E-state index in [-0.39, 0.29) is 17.6 Å². The number of halogens is 1. The van der Waals surface area contributed by atoms with Gasteiger partial charge in [0.1, 0.15) is 5.82 Å². The molecule has 0 saturated carbocycles. The summed E-state index contributed by atoms with van der Waals surface area (Å²) >= 11 is 0. The van der Waals surface area contributed by atoms with Crippen molar-refractivity contribution in [3.8, 4) is 0 Å². The number of carbonyl (C=O) groups is 1. The van der Waals surface area contributed by atoms with E-state index in [0.29, 0.717) is 0 Å². The molecule has 24 heavy (non-hydrogen) atoms. The minimum atomic E-state index is -0.190. The molecule has 2 aromatic rings. The summed E-state index contributed by atoms with van der Waals surface area (Å²) in [4.78, 5) is 16.1. The summed E-state index contributed by atoms with van der Waals surface area (Å²) in [6.45, 7) is 7.59. The van der Waals surface area contributed by atoms with Crippen molar-refractivity contribution in [1.29, 1.82) is 0 Å². The smallest absolute Gasteiger partial charge is 0.159 e. The van der Waals surface area contributed by atoms with Crippen molar-refractivity contribution in [2.75, 3.05) is 31.1 Å². The van der Waals surface area contributed by atoms with Crippen LogP contribution in [0.2, 0.25) is 0 Å². The highest BCUT2D eigenvalue weighted by Crippen LogP contribution is 2.24. The molecule has 1 saturated heterocycles. The highest BCUT2D eigenvalue weighted by molar-refractivity contribution is 5.94. The fourth-order valence-corrected chi connectivity index (χ4v) is 3.23. The van der Waals surface area contributed by atoms with Gasteiger partial charge in [-0.25, -0.2) is 4.39 Å². The van der Waals surface area contributed by atoms with Gasteiger partial charge in [-0.05, 0) is 55.8 Å². The number of nitrogens with zero attached hydrogens (tertiary/aromatic N) is 2. The molecule has 126 valence electrons. The van der Waals surface area contributed by atoms with Crippen LogP contribution < -0.4 is 4.90 Å². The number of piperazine rings is 1. The Balaban J connectivity index is 1.60. The molecule has 1 aliphatic heterocycles. The molecule has 0 spiro atoms. The van der Waals surface area contributed by atoms with Gasteiger partial charge in [0.2, 0.25) is 0 Å². The van der Waals surface area contributed by atoms with E-state index in [1.54, 1.807) is 6.92 Å². The van der Waals surface area contributed by atoms with E-state index in [4.69, 9.17) is 0 Å². The minimum Gasteiger partial charge on any atom is -0.369 e. The van der Waals surface area contributed by atoms with E-state index in [9.17, 15) is 9.18 Å². The van der Waals surface area contributed by atoms with E-state index < -0.39 is 0 Å². The molecule has 3 nitrogen and oxygen atoms in total. The molecule has 4 heteroatoms. The van der Waals surface area contributed by atoms with Crippen LogP contribution in [0.4, 0.5) is 10.1 Å². The van der Waals surface area contributed by atoms with Gasteiger partial charge < -0.3 is 4.90 Å². The average molecular weight is 326 g/mol. The van der Waals surface area contributed by atoms with Gasteiger partial charge in [0.25, 0.3) is 0 Å². The lowest BCUT2D eigenvalue weighted by Gasteiger charge is -2.39. The van der Waals surface area contributed by atoms with Gasteiger partial charge >= 0.3 is 0 Å². The normalized spacial score (nSPS) is 16.9. The minimum absolute atomic E-state index is 0.0968. The zero-order chi connectivity index (χ0) is 17.1. The molecule has 0 aliphatic carbocycles. The summed E-state index contributed by atoms with van der Waals surface area (Å²) in [5, 5.41) is 0. The molecule has 1 atom stereocenters. The van der Waals surface area contributed by atoms with E-state index in [2.05, 4.69) is 16.7 Å². The summed E-state index contributed by atoms with van der Waals surface area (Å²) in [6.07, 6.45) is 0. The van der Waals surface area contributed by atoms with E-state index in [1.165, 1.54) is 12.1 Å². The fourth-order valence-electron chi connectivity index (χ4n) is 3.23. The zero-order valence-electron chi connectivity index (χ0n) is 14.2. The molecule has 0 unspecified atom stereocenters. The van der Waals surface area contributed by atoms with Gasteiger partial charge in [0.15, 0.2) is 5.78 Å². The maximum absolute atomic E-state index is 13.1. The van der Waals surface area contributed by atoms with Crippen molar-refractivity contribution < 1.29 is 9.18 Å². The zero-order valence-corrected chi connectivity index (χ0v) is 14.2. The standard InChI is InChI=1S/C20H23FN2O/c1-15(17-3-7-19(21)8-4-17)22-11-13-23(14-12-22)20-9-5-18(6-10-20)16(2)24/h3-10,15H,11-14H2,1-2H3/t15-/m1/s1. The van der Waals surface area contributed by atoms with Crippen molar-refractivity contribution in [2.24, 2.45) is 0 Å². The Hall–Kier alpha value is -2.20. The first-order valence-corrected chi connectivity index (χ1v) is 8.40. The number of carbonyl (C=O) groups excluding carboxylic acids is 1. The predicted molar refractivity (Wildman–Crippen MR) is 95.0 cm³/mol. The van der Waals surface area contributed by atoms with Gasteiger partial charge in [-0.1, -0.05) is 12.1 Å². The Kier molecular flexibility index (Phi) is 4.95. The molecule has 0 N–H and O–H groups in total. The SMILES string of the molecule is CC(=O)c1ccc(N2CCN([C@H](C)c3ccc(F)cc3)CC2)cc1. The number of Topliss-reactive ketones (excluding diaryl/α,β-unsaturated/α-hetero) is 1. The van der Waals surface area contributed by atoms with Crippen molar-refractivity contribution in [2.45, 2.75) is 19.9 Å². The van der Waals surface area contributed by atoms with Crippen LogP contribution in [0.3, 0.4) is 0 Å². The van der Waals surface area contributed by atoms with Gasteiger partial charge in [-0.2, -0.15) is 0 Å². The molecule has 1 heterocycles. The molecule has 0 radical (unpaired) electrons. The summed E-state index contributed by atoms with van der Waals surface area (Å²) in [6, 6.07) is 14.9. The van der Waals surface area contributed by atoms with Gasteiger partial charge in [0.05, 0.1) is 0 Å². The maximum Gasteiger partial charge on any atom is 0.159 e. The molecular weight excluding hydrogens is 303 g/mol. The Morgan fingerprint density at radius 2 is 1.54 bits per heavy atom. The first kappa shape index (κ1) is 16.7. The summed E-state index contributed by atoms with van der Waals surface area (Å²) in [5.74, 6) is -0.0933. The average Bonchev–Trinajstić information content (AvgIpc) is 2.62. The molecule has 1 aliphatic rings. The Labute approximate surface area is 142 Å². The van der Waals surface area contributed by atoms with Crippen molar-refractivity contribution >= 4 is 11.5 Å². The van der Waals surface area contributed by atoms with Gasteiger partial charge in [-0.3, -0.25) is 9.69 Å². The third kappa shape index (κ3) is 3.65. The van der Waals surface area contributed by atoms with Crippen LogP contribution in [-0.2, 0) is 0 Å². The largest absolute Gasteiger partial charge is 0.369 e. The molecule has 0 bridgehead atoms. The predicted octanol–water partition coefficient (Wildman–Crippen LogP) is 3.91. The summed E-state index contributed by atoms with van der Waals surface area (Å²) in [7, 11) is 0. The van der Waals surface area contributed by atoms with E-state index >= 15 is 0 Å². The molecule has 0 aromatic heterocycles. The maximum atomic E-state index is 13.1. The highest BCUT2D eigenvalue weighted by Gasteiger charge is 2.22. The van der Waals surface area contributed by atoms with E-state index in [1.807, 2.05) is 36.4 Å². The summed E-state index contributed by atoms with van der Waals surface area (Å²) in [5.41, 5.74) is 3.06. The van der Waals surface area contributed by atoms with Crippen LogP contribution in [0.15, 0.2) is 48.5 Å². The second kappa shape index (κ2) is 7.14. The van der Waals surface area contributed by atoms with Crippen molar-refractivity contribution in [1.82, 2.24) is 4.90 Å². The van der Waals surface area contributed by atoms with Gasteiger partial charge in [-0.15, -0.1) is 0 Å². The number of benzene rings is 2. The number of rotatable bonds is 4. The van der Waals surface area contributed by atoms with Gasteiger partial charge in [0, 0.05) is 43.5 Å². The molecule has 2 aromatic carbocycles. The lowest BCUT2D eigenvalue weighted by atomic mass is 10.1. The summed E-state index contributed by atoms with van der Waals surface area (Å²) < 4.78 is 13.1. The second-order valence-corrected chi connectivity index (χ2v) is 6.35. The highest BCUT2D eigenvalue weighted by atomic mass is 19.1. The lowest BCUT2D eigenvalue weighted by Crippen LogP contribution is -2.47. The number of hydrogen-bond donors (Lipinski definition) is 0.